The molecular formula is C19H23NO4S. The second-order valence-corrected chi connectivity index (χ2v) is 6.97. The molecule has 1 heterocycles. The van der Waals surface area contributed by atoms with Crippen LogP contribution in [0, 0.1) is 27.7 Å². The number of hydrogen-bond acceptors (Lipinski definition) is 5. The van der Waals surface area contributed by atoms with E-state index < -0.39 is 5.97 Å². The Morgan fingerprint density at radius 3 is 2.52 bits per heavy atom. The molecule has 2 rings (SSSR count). The van der Waals surface area contributed by atoms with Crippen LogP contribution >= 0.6 is 11.3 Å². The predicted octanol–water partition coefficient (Wildman–Crippen LogP) is 4.18. The van der Waals surface area contributed by atoms with Gasteiger partial charge in [0, 0.05) is 4.88 Å². The molecule has 0 saturated carbocycles. The maximum atomic E-state index is 12.3. The highest BCUT2D eigenvalue weighted by atomic mass is 32.1. The number of thiophene rings is 1. The first kappa shape index (κ1) is 19.0. The van der Waals surface area contributed by atoms with E-state index in [1.807, 2.05) is 45.9 Å². The van der Waals surface area contributed by atoms with Crippen molar-refractivity contribution in [2.45, 2.75) is 34.6 Å². The summed E-state index contributed by atoms with van der Waals surface area (Å²) in [5, 5.41) is 3.27. The maximum absolute atomic E-state index is 12.3. The number of carbonyl (C=O) groups excluding carboxylic acids is 2. The summed E-state index contributed by atoms with van der Waals surface area (Å²) in [6, 6.07) is 5.71. The highest BCUT2D eigenvalue weighted by molar-refractivity contribution is 7.16. The second kappa shape index (κ2) is 8.16. The van der Waals surface area contributed by atoms with Crippen molar-refractivity contribution >= 4 is 28.2 Å². The molecule has 0 bridgehead atoms. The molecule has 0 unspecified atom stereocenters. The molecule has 1 aromatic heterocycles. The molecule has 0 fully saturated rings. The van der Waals surface area contributed by atoms with Gasteiger partial charge in [-0.05, 0) is 57.4 Å². The number of hydrogen-bond donors (Lipinski definition) is 1. The normalized spacial score (nSPS) is 10.4. The topological polar surface area (TPSA) is 64.6 Å². The van der Waals surface area contributed by atoms with Gasteiger partial charge in [-0.15, -0.1) is 11.3 Å². The van der Waals surface area contributed by atoms with E-state index in [0.29, 0.717) is 16.3 Å². The summed E-state index contributed by atoms with van der Waals surface area (Å²) in [5.41, 5.74) is 3.36. The van der Waals surface area contributed by atoms with Crippen molar-refractivity contribution in [3.63, 3.8) is 0 Å². The Labute approximate surface area is 152 Å². The van der Waals surface area contributed by atoms with Gasteiger partial charge in [-0.1, -0.05) is 12.1 Å². The standard InChI is InChI=1S/C19H23NO4S/c1-6-23-19(22)17-13(4)14(5)25-18(17)20-16(21)10-24-15-9-7-8-11(2)12(15)3/h7-9H,6,10H2,1-5H3,(H,20,21). The van der Waals surface area contributed by atoms with Crippen LogP contribution in [0.2, 0.25) is 0 Å². The van der Waals surface area contributed by atoms with Crippen molar-refractivity contribution in [1.82, 2.24) is 0 Å². The molecule has 134 valence electrons. The summed E-state index contributed by atoms with van der Waals surface area (Å²) >= 11 is 1.36. The van der Waals surface area contributed by atoms with Crippen molar-refractivity contribution in [1.29, 1.82) is 0 Å². The van der Waals surface area contributed by atoms with Crippen LogP contribution in [0.4, 0.5) is 5.00 Å². The fourth-order valence-corrected chi connectivity index (χ4v) is 3.42. The van der Waals surface area contributed by atoms with Crippen molar-refractivity contribution in [3.05, 3.63) is 45.3 Å². The third kappa shape index (κ3) is 4.39. The summed E-state index contributed by atoms with van der Waals surface area (Å²) in [5.74, 6) is -0.0536. The van der Waals surface area contributed by atoms with Gasteiger partial charge in [0.25, 0.3) is 5.91 Å². The summed E-state index contributed by atoms with van der Waals surface area (Å²) < 4.78 is 10.7. The summed E-state index contributed by atoms with van der Waals surface area (Å²) in [7, 11) is 0. The van der Waals surface area contributed by atoms with Gasteiger partial charge >= 0.3 is 5.97 Å². The minimum absolute atomic E-state index is 0.122. The van der Waals surface area contributed by atoms with Crippen LogP contribution in [0.3, 0.4) is 0 Å². The number of rotatable bonds is 6. The maximum Gasteiger partial charge on any atom is 0.341 e. The monoisotopic (exact) mass is 361 g/mol. The number of ether oxygens (including phenoxy) is 2. The Bertz CT molecular complexity index is 795. The van der Waals surface area contributed by atoms with Crippen LogP contribution in [0.1, 0.15) is 38.8 Å². The van der Waals surface area contributed by atoms with E-state index in [2.05, 4.69) is 5.32 Å². The molecule has 0 aliphatic carbocycles. The Hall–Kier alpha value is -2.34. The van der Waals surface area contributed by atoms with Crippen LogP contribution in [0.5, 0.6) is 5.75 Å². The van der Waals surface area contributed by atoms with Gasteiger partial charge in [0.2, 0.25) is 0 Å². The number of nitrogens with one attached hydrogen (secondary N) is 1. The Morgan fingerprint density at radius 1 is 1.12 bits per heavy atom. The minimum atomic E-state index is -0.421. The van der Waals surface area contributed by atoms with E-state index >= 15 is 0 Å². The minimum Gasteiger partial charge on any atom is -0.483 e. The molecule has 0 spiro atoms. The molecule has 0 atom stereocenters. The Morgan fingerprint density at radius 2 is 1.84 bits per heavy atom. The number of amides is 1. The zero-order chi connectivity index (χ0) is 18.6. The molecule has 1 aromatic carbocycles. The molecule has 1 N–H and O–H groups in total. The van der Waals surface area contributed by atoms with E-state index in [4.69, 9.17) is 9.47 Å². The van der Waals surface area contributed by atoms with Crippen molar-refractivity contribution in [2.75, 3.05) is 18.5 Å². The smallest absolute Gasteiger partial charge is 0.341 e. The number of esters is 1. The summed E-state index contributed by atoms with van der Waals surface area (Å²) in [6.45, 7) is 9.62. The first-order valence-electron chi connectivity index (χ1n) is 8.11. The molecule has 5 nitrogen and oxygen atoms in total. The zero-order valence-electron chi connectivity index (χ0n) is 15.2. The first-order chi connectivity index (χ1) is 11.8. The van der Waals surface area contributed by atoms with Crippen LogP contribution in [0.15, 0.2) is 18.2 Å². The third-order valence-electron chi connectivity index (χ3n) is 4.03. The molecule has 0 radical (unpaired) electrons. The summed E-state index contributed by atoms with van der Waals surface area (Å²) in [6.07, 6.45) is 0. The average molecular weight is 361 g/mol. The van der Waals surface area contributed by atoms with Gasteiger partial charge < -0.3 is 14.8 Å². The van der Waals surface area contributed by atoms with Gasteiger partial charge in [0.1, 0.15) is 10.8 Å². The van der Waals surface area contributed by atoms with Crippen molar-refractivity contribution < 1.29 is 19.1 Å². The van der Waals surface area contributed by atoms with Gasteiger partial charge in [-0.25, -0.2) is 4.79 Å². The first-order valence-corrected chi connectivity index (χ1v) is 8.92. The molecule has 0 aliphatic rings. The van der Waals surface area contributed by atoms with E-state index in [1.165, 1.54) is 11.3 Å². The Balaban J connectivity index is 2.09. The Kier molecular flexibility index (Phi) is 6.20. The molecule has 0 saturated heterocycles. The van der Waals surface area contributed by atoms with Crippen LogP contribution in [-0.4, -0.2) is 25.1 Å². The quantitative estimate of drug-likeness (QED) is 0.784. The number of benzene rings is 1. The molecule has 1 amide bonds. The molecule has 6 heteroatoms. The number of anilines is 1. The number of carbonyl (C=O) groups is 2. The van der Waals surface area contributed by atoms with Crippen LogP contribution in [-0.2, 0) is 9.53 Å². The van der Waals surface area contributed by atoms with E-state index in [-0.39, 0.29) is 19.1 Å². The highest BCUT2D eigenvalue weighted by Gasteiger charge is 2.22. The van der Waals surface area contributed by atoms with E-state index in [0.717, 1.165) is 21.6 Å². The predicted molar refractivity (Wildman–Crippen MR) is 99.8 cm³/mol. The lowest BCUT2D eigenvalue weighted by atomic mass is 10.1. The largest absolute Gasteiger partial charge is 0.483 e. The van der Waals surface area contributed by atoms with Crippen molar-refractivity contribution in [3.8, 4) is 5.75 Å². The molecule has 25 heavy (non-hydrogen) atoms. The third-order valence-corrected chi connectivity index (χ3v) is 5.15. The van der Waals surface area contributed by atoms with Gasteiger partial charge in [-0.3, -0.25) is 4.79 Å². The molecule has 0 aliphatic heterocycles. The fourth-order valence-electron chi connectivity index (χ4n) is 2.35. The van der Waals surface area contributed by atoms with E-state index in [1.54, 1.807) is 6.92 Å². The fraction of sp³-hybridized carbons (Fsp3) is 0.368. The lowest BCUT2D eigenvalue weighted by molar-refractivity contribution is -0.118. The van der Waals surface area contributed by atoms with Crippen molar-refractivity contribution in [2.24, 2.45) is 0 Å². The van der Waals surface area contributed by atoms with Gasteiger partial charge in [0.15, 0.2) is 6.61 Å². The van der Waals surface area contributed by atoms with Crippen LogP contribution in [0.25, 0.3) is 0 Å². The molecular weight excluding hydrogens is 338 g/mol. The lowest BCUT2D eigenvalue weighted by Crippen LogP contribution is -2.21. The zero-order valence-corrected chi connectivity index (χ0v) is 16.0. The van der Waals surface area contributed by atoms with Crippen LogP contribution < -0.4 is 10.1 Å². The average Bonchev–Trinajstić information content (AvgIpc) is 2.83. The summed E-state index contributed by atoms with van der Waals surface area (Å²) in [4.78, 5) is 25.4. The second-order valence-electron chi connectivity index (χ2n) is 5.74. The van der Waals surface area contributed by atoms with E-state index in [9.17, 15) is 9.59 Å². The lowest BCUT2D eigenvalue weighted by Gasteiger charge is -2.11. The highest BCUT2D eigenvalue weighted by Crippen LogP contribution is 2.33. The van der Waals surface area contributed by atoms with Gasteiger partial charge in [-0.2, -0.15) is 0 Å². The SMILES string of the molecule is CCOC(=O)c1c(NC(=O)COc2cccc(C)c2C)sc(C)c1C. The molecule has 2 aromatic rings. The number of aryl methyl sites for hydroxylation is 2. The van der Waals surface area contributed by atoms with Gasteiger partial charge in [0.05, 0.1) is 12.2 Å².